The zero-order valence-electron chi connectivity index (χ0n) is 10.5. The van der Waals surface area contributed by atoms with Gasteiger partial charge in [0.25, 0.3) is 0 Å². The first kappa shape index (κ1) is 13.9. The summed E-state index contributed by atoms with van der Waals surface area (Å²) in [5, 5.41) is 0. The van der Waals surface area contributed by atoms with Gasteiger partial charge in [-0.05, 0) is 25.7 Å². The molecule has 0 saturated carbocycles. The zero-order chi connectivity index (χ0) is 11.7. The summed E-state index contributed by atoms with van der Waals surface area (Å²) in [4.78, 5) is 5.98. The number of aliphatic imine (C=N–C) groups is 1. The molecule has 2 nitrogen and oxygen atoms in total. The van der Waals surface area contributed by atoms with Gasteiger partial charge in [0.2, 0.25) is 0 Å². The second-order valence-electron chi connectivity index (χ2n) is 4.23. The third-order valence-corrected chi connectivity index (χ3v) is 2.33. The molecule has 0 saturated heterocycles. The van der Waals surface area contributed by atoms with Crippen LogP contribution in [0.4, 0.5) is 0 Å². The smallest absolute Gasteiger partial charge is 0.0943 e. The molecule has 0 fully saturated rings. The van der Waals surface area contributed by atoms with Gasteiger partial charge in [-0.25, -0.2) is 4.99 Å². The van der Waals surface area contributed by atoms with Crippen molar-refractivity contribution in [3.63, 3.8) is 0 Å². The van der Waals surface area contributed by atoms with Gasteiger partial charge in [0.15, 0.2) is 0 Å². The Morgan fingerprint density at radius 2 is 2.13 bits per heavy atom. The highest BCUT2D eigenvalue weighted by Gasteiger charge is 1.95. The molecule has 0 aliphatic heterocycles. The van der Waals surface area contributed by atoms with Crippen molar-refractivity contribution in [3.8, 4) is 0 Å². The van der Waals surface area contributed by atoms with Crippen LogP contribution in [-0.4, -0.2) is 18.3 Å². The van der Waals surface area contributed by atoms with E-state index in [1.807, 2.05) is 11.9 Å². The summed E-state index contributed by atoms with van der Waals surface area (Å²) in [5.74, 6) is 0.804. The van der Waals surface area contributed by atoms with Crippen molar-refractivity contribution in [2.75, 3.05) is 7.05 Å². The summed E-state index contributed by atoms with van der Waals surface area (Å²) in [5.41, 5.74) is 1.24. The van der Waals surface area contributed by atoms with Crippen LogP contribution in [0.5, 0.6) is 0 Å². The second-order valence-corrected chi connectivity index (χ2v) is 4.23. The normalized spacial score (nSPS) is 12.5. The van der Waals surface area contributed by atoms with E-state index in [0.29, 0.717) is 0 Å². The number of hydrogen-bond acceptors (Lipinski definition) is 1. The van der Waals surface area contributed by atoms with Crippen LogP contribution in [0.15, 0.2) is 29.5 Å². The summed E-state index contributed by atoms with van der Waals surface area (Å²) in [6, 6.07) is 0. The Bertz CT molecular complexity index is 227. The molecule has 15 heavy (non-hydrogen) atoms. The molecule has 0 spiro atoms. The number of rotatable bonds is 7. The Morgan fingerprint density at radius 3 is 2.67 bits per heavy atom. The molecule has 0 unspecified atom stereocenters. The third-order valence-electron chi connectivity index (χ3n) is 2.33. The van der Waals surface area contributed by atoms with E-state index in [2.05, 4.69) is 38.4 Å². The summed E-state index contributed by atoms with van der Waals surface area (Å²) in [6.07, 6.45) is 9.30. The van der Waals surface area contributed by atoms with Crippen molar-refractivity contribution < 1.29 is 0 Å². The lowest BCUT2D eigenvalue weighted by molar-refractivity contribution is 0.555. The first-order valence-electron chi connectivity index (χ1n) is 5.61. The minimum absolute atomic E-state index is 0.804. The van der Waals surface area contributed by atoms with E-state index in [9.17, 15) is 0 Å². The van der Waals surface area contributed by atoms with E-state index in [0.717, 1.165) is 12.3 Å². The monoisotopic (exact) mass is 208 g/mol. The molecule has 0 atom stereocenters. The van der Waals surface area contributed by atoms with Crippen molar-refractivity contribution in [1.29, 1.82) is 0 Å². The average molecular weight is 208 g/mol. The molecule has 2 heteroatoms. The van der Waals surface area contributed by atoms with E-state index < -0.39 is 0 Å². The van der Waals surface area contributed by atoms with E-state index >= 15 is 0 Å². The van der Waals surface area contributed by atoms with Crippen LogP contribution >= 0.6 is 0 Å². The predicted octanol–water partition coefficient (Wildman–Crippen LogP) is 3.82. The molecule has 0 bridgehead atoms. The van der Waals surface area contributed by atoms with Crippen LogP contribution in [0.3, 0.4) is 0 Å². The largest absolute Gasteiger partial charge is 0.340 e. The maximum atomic E-state index is 3.97. The molecule has 0 aromatic rings. The van der Waals surface area contributed by atoms with Crippen molar-refractivity contribution in [1.82, 2.24) is 4.90 Å². The van der Waals surface area contributed by atoms with Gasteiger partial charge >= 0.3 is 0 Å². The van der Waals surface area contributed by atoms with Gasteiger partial charge in [-0.1, -0.05) is 32.9 Å². The lowest BCUT2D eigenvalue weighted by Gasteiger charge is -2.13. The van der Waals surface area contributed by atoms with Gasteiger partial charge < -0.3 is 4.90 Å². The quantitative estimate of drug-likeness (QED) is 0.353. The zero-order valence-corrected chi connectivity index (χ0v) is 10.5. The minimum Gasteiger partial charge on any atom is -0.340 e. The fraction of sp³-hybridized carbons (Fsp3) is 0.615. The molecular formula is C13H24N2. The SMILES string of the molecule is C=CN=CN(C)/C(C)=C/CCCC(C)C. The van der Waals surface area contributed by atoms with Crippen molar-refractivity contribution in [2.24, 2.45) is 10.9 Å². The topological polar surface area (TPSA) is 15.6 Å². The van der Waals surface area contributed by atoms with E-state index in [1.165, 1.54) is 18.5 Å². The highest BCUT2D eigenvalue weighted by atomic mass is 15.1. The average Bonchev–Trinajstić information content (AvgIpc) is 2.20. The first-order valence-corrected chi connectivity index (χ1v) is 5.61. The second kappa shape index (κ2) is 8.27. The molecule has 0 heterocycles. The Hall–Kier alpha value is -1.05. The summed E-state index contributed by atoms with van der Waals surface area (Å²) >= 11 is 0. The maximum Gasteiger partial charge on any atom is 0.0943 e. The summed E-state index contributed by atoms with van der Waals surface area (Å²) in [7, 11) is 2.00. The van der Waals surface area contributed by atoms with E-state index in [4.69, 9.17) is 0 Å². The lowest BCUT2D eigenvalue weighted by atomic mass is 10.1. The molecule has 86 valence electrons. The van der Waals surface area contributed by atoms with Crippen molar-refractivity contribution >= 4 is 6.34 Å². The highest BCUT2D eigenvalue weighted by Crippen LogP contribution is 2.08. The fourth-order valence-corrected chi connectivity index (χ4v) is 1.22. The van der Waals surface area contributed by atoms with Crippen LogP contribution in [0.2, 0.25) is 0 Å². The van der Waals surface area contributed by atoms with Crippen LogP contribution in [0, 0.1) is 5.92 Å². The van der Waals surface area contributed by atoms with Crippen molar-refractivity contribution in [2.45, 2.75) is 40.0 Å². The molecule has 0 aromatic carbocycles. The third kappa shape index (κ3) is 7.98. The minimum atomic E-state index is 0.804. The van der Waals surface area contributed by atoms with Crippen LogP contribution in [-0.2, 0) is 0 Å². The van der Waals surface area contributed by atoms with Gasteiger partial charge in [-0.2, -0.15) is 0 Å². The lowest BCUT2D eigenvalue weighted by Crippen LogP contribution is -2.12. The van der Waals surface area contributed by atoms with E-state index in [-0.39, 0.29) is 0 Å². The molecular weight excluding hydrogens is 184 g/mol. The van der Waals surface area contributed by atoms with Gasteiger partial charge in [0.05, 0.1) is 6.34 Å². The summed E-state index contributed by atoms with van der Waals surface area (Å²) < 4.78 is 0. The molecule has 0 radical (unpaired) electrons. The number of unbranched alkanes of at least 4 members (excludes halogenated alkanes) is 1. The van der Waals surface area contributed by atoms with Crippen LogP contribution in [0.1, 0.15) is 40.0 Å². The number of allylic oxidation sites excluding steroid dienone is 2. The highest BCUT2D eigenvalue weighted by molar-refractivity contribution is 5.57. The fourth-order valence-electron chi connectivity index (χ4n) is 1.22. The molecule has 0 rings (SSSR count). The predicted molar refractivity (Wildman–Crippen MR) is 68.9 cm³/mol. The van der Waals surface area contributed by atoms with Crippen molar-refractivity contribution in [3.05, 3.63) is 24.6 Å². The van der Waals surface area contributed by atoms with Gasteiger partial charge in [-0.3, -0.25) is 0 Å². The Labute approximate surface area is 94.4 Å². The molecule has 0 aromatic heterocycles. The Balaban J connectivity index is 3.86. The standard InChI is InChI=1S/C13H24N2/c1-6-14-11-15(5)13(4)10-8-7-9-12(2)3/h6,10-12H,1,7-9H2,2-5H3/b13-10+,14-11?. The van der Waals surface area contributed by atoms with Crippen LogP contribution in [0.25, 0.3) is 0 Å². The molecule has 0 N–H and O–H groups in total. The molecule has 0 aliphatic carbocycles. The van der Waals surface area contributed by atoms with Gasteiger partial charge in [0.1, 0.15) is 0 Å². The van der Waals surface area contributed by atoms with E-state index in [1.54, 1.807) is 12.5 Å². The van der Waals surface area contributed by atoms with Crippen LogP contribution < -0.4 is 0 Å². The maximum absolute atomic E-state index is 3.97. The number of hydrogen-bond donors (Lipinski definition) is 0. The number of nitrogens with zero attached hydrogens (tertiary/aromatic N) is 2. The van der Waals surface area contributed by atoms with Gasteiger partial charge in [-0.15, -0.1) is 0 Å². The molecule has 0 aliphatic rings. The first-order chi connectivity index (χ1) is 7.07. The van der Waals surface area contributed by atoms with Gasteiger partial charge in [0, 0.05) is 18.9 Å². The Kier molecular flexibility index (Phi) is 7.69. The Morgan fingerprint density at radius 1 is 1.47 bits per heavy atom. The summed E-state index contributed by atoms with van der Waals surface area (Å²) in [6.45, 7) is 10.2. The molecule has 0 amide bonds.